The average Bonchev–Trinajstić information content (AvgIpc) is 3.06. The maximum atomic E-state index is 13.4. The molecular formula is C19H24FIN6. The van der Waals surface area contributed by atoms with Crippen molar-refractivity contribution < 1.29 is 4.39 Å². The fourth-order valence-corrected chi connectivity index (χ4v) is 2.67. The minimum absolute atomic E-state index is 0. The summed E-state index contributed by atoms with van der Waals surface area (Å²) in [6.45, 7) is 5.72. The molecule has 2 heterocycles. The molecule has 0 aliphatic heterocycles. The number of nitrogens with zero attached hydrogens (tertiary/aromatic N) is 4. The van der Waals surface area contributed by atoms with Crippen LogP contribution in [0.25, 0.3) is 5.65 Å². The Balaban J connectivity index is 0.00000261. The highest BCUT2D eigenvalue weighted by atomic mass is 127. The lowest BCUT2D eigenvalue weighted by molar-refractivity contribution is 0.617. The van der Waals surface area contributed by atoms with Gasteiger partial charge in [-0.3, -0.25) is 4.40 Å². The summed E-state index contributed by atoms with van der Waals surface area (Å²) >= 11 is 0. The van der Waals surface area contributed by atoms with Crippen molar-refractivity contribution in [2.75, 3.05) is 13.1 Å². The number of aliphatic imine (C=N–C) groups is 1. The van der Waals surface area contributed by atoms with Crippen LogP contribution in [0.2, 0.25) is 0 Å². The molecule has 0 atom stereocenters. The monoisotopic (exact) mass is 482 g/mol. The number of nitrogens with one attached hydrogen (secondary N) is 2. The number of hydrogen-bond acceptors (Lipinski definition) is 3. The third-order valence-electron chi connectivity index (χ3n) is 4.01. The van der Waals surface area contributed by atoms with E-state index in [1.807, 2.05) is 41.8 Å². The zero-order valence-corrected chi connectivity index (χ0v) is 17.8. The molecule has 0 aliphatic rings. The molecule has 0 unspecified atom stereocenters. The van der Waals surface area contributed by atoms with Crippen LogP contribution in [0.15, 0.2) is 47.6 Å². The van der Waals surface area contributed by atoms with Gasteiger partial charge in [0.15, 0.2) is 11.6 Å². The molecule has 0 fully saturated rings. The minimum atomic E-state index is -0.191. The maximum Gasteiger partial charge on any atom is 0.191 e. The second kappa shape index (κ2) is 10.2. The maximum absolute atomic E-state index is 13.4. The van der Waals surface area contributed by atoms with E-state index in [0.29, 0.717) is 18.7 Å². The van der Waals surface area contributed by atoms with Crippen LogP contribution >= 0.6 is 24.0 Å². The number of hydrogen-bond donors (Lipinski definition) is 2. The predicted octanol–water partition coefficient (Wildman–Crippen LogP) is 3.09. The zero-order chi connectivity index (χ0) is 18.4. The second-order valence-corrected chi connectivity index (χ2v) is 6.00. The first-order valence-corrected chi connectivity index (χ1v) is 8.73. The first-order valence-electron chi connectivity index (χ1n) is 8.73. The van der Waals surface area contributed by atoms with Crippen molar-refractivity contribution >= 4 is 35.6 Å². The van der Waals surface area contributed by atoms with Crippen molar-refractivity contribution in [3.63, 3.8) is 0 Å². The molecule has 0 amide bonds. The normalized spacial score (nSPS) is 11.3. The standard InChI is InChI=1S/C19H23FN6.HI/c1-3-21-19(23-13-15-7-8-16(20)14(2)12-15)22-10-9-18-25-24-17-6-4-5-11-26(17)18;/h4-8,11-12H,3,9-10,13H2,1-2H3,(H2,21,22,23);1H. The molecule has 27 heavy (non-hydrogen) atoms. The molecule has 0 radical (unpaired) electrons. The van der Waals surface area contributed by atoms with E-state index in [2.05, 4.69) is 25.8 Å². The van der Waals surface area contributed by atoms with Crippen molar-refractivity contribution in [3.8, 4) is 0 Å². The summed E-state index contributed by atoms with van der Waals surface area (Å²) in [6, 6.07) is 10.9. The van der Waals surface area contributed by atoms with Crippen LogP contribution in [0, 0.1) is 12.7 Å². The third kappa shape index (κ3) is 5.62. The highest BCUT2D eigenvalue weighted by Gasteiger charge is 2.05. The number of halogens is 2. The Hall–Kier alpha value is -2.23. The first-order chi connectivity index (χ1) is 12.7. The smallest absolute Gasteiger partial charge is 0.191 e. The molecule has 0 aliphatic carbocycles. The number of guanidine groups is 1. The Morgan fingerprint density at radius 2 is 2.04 bits per heavy atom. The van der Waals surface area contributed by atoms with Gasteiger partial charge in [0, 0.05) is 25.7 Å². The lowest BCUT2D eigenvalue weighted by atomic mass is 10.1. The Kier molecular flexibility index (Phi) is 7.96. The molecular weight excluding hydrogens is 458 g/mol. The number of aromatic nitrogens is 3. The van der Waals surface area contributed by atoms with E-state index in [4.69, 9.17) is 0 Å². The summed E-state index contributed by atoms with van der Waals surface area (Å²) in [5, 5.41) is 14.9. The van der Waals surface area contributed by atoms with Gasteiger partial charge in [0.25, 0.3) is 0 Å². The Morgan fingerprint density at radius 1 is 1.19 bits per heavy atom. The van der Waals surface area contributed by atoms with E-state index in [1.54, 1.807) is 13.0 Å². The predicted molar refractivity (Wildman–Crippen MR) is 116 cm³/mol. The van der Waals surface area contributed by atoms with Gasteiger partial charge >= 0.3 is 0 Å². The molecule has 1 aromatic carbocycles. The molecule has 3 aromatic rings. The fourth-order valence-electron chi connectivity index (χ4n) is 2.67. The van der Waals surface area contributed by atoms with Gasteiger partial charge in [0.2, 0.25) is 0 Å². The van der Waals surface area contributed by atoms with Gasteiger partial charge in [-0.15, -0.1) is 34.2 Å². The molecule has 6 nitrogen and oxygen atoms in total. The summed E-state index contributed by atoms with van der Waals surface area (Å²) in [5.74, 6) is 1.43. The summed E-state index contributed by atoms with van der Waals surface area (Å²) in [6.07, 6.45) is 2.69. The highest BCUT2D eigenvalue weighted by Crippen LogP contribution is 2.10. The van der Waals surface area contributed by atoms with E-state index in [-0.39, 0.29) is 29.8 Å². The van der Waals surface area contributed by atoms with Gasteiger partial charge in [-0.25, -0.2) is 9.38 Å². The van der Waals surface area contributed by atoms with Crippen LogP contribution in [0.4, 0.5) is 4.39 Å². The number of benzene rings is 1. The second-order valence-electron chi connectivity index (χ2n) is 6.00. The number of rotatable bonds is 6. The van der Waals surface area contributed by atoms with Gasteiger partial charge in [0.05, 0.1) is 6.54 Å². The minimum Gasteiger partial charge on any atom is -0.357 e. The number of aryl methyl sites for hydroxylation is 1. The molecule has 8 heteroatoms. The van der Waals surface area contributed by atoms with E-state index >= 15 is 0 Å². The van der Waals surface area contributed by atoms with Gasteiger partial charge in [0.1, 0.15) is 11.6 Å². The van der Waals surface area contributed by atoms with Crippen LogP contribution in [0.1, 0.15) is 23.9 Å². The SMILES string of the molecule is CCNC(=NCc1ccc(F)c(C)c1)NCCc1nnc2ccccn12.I. The lowest BCUT2D eigenvalue weighted by Crippen LogP contribution is -2.38. The van der Waals surface area contributed by atoms with Gasteiger partial charge < -0.3 is 10.6 Å². The van der Waals surface area contributed by atoms with Crippen molar-refractivity contribution in [1.29, 1.82) is 0 Å². The summed E-state index contributed by atoms with van der Waals surface area (Å²) in [5.41, 5.74) is 2.45. The van der Waals surface area contributed by atoms with Crippen LogP contribution in [0.3, 0.4) is 0 Å². The lowest BCUT2D eigenvalue weighted by Gasteiger charge is -2.11. The van der Waals surface area contributed by atoms with Crippen LogP contribution in [-0.4, -0.2) is 33.6 Å². The number of fused-ring (bicyclic) bond motifs is 1. The van der Waals surface area contributed by atoms with E-state index in [9.17, 15) is 4.39 Å². The first kappa shape index (κ1) is 21.1. The third-order valence-corrected chi connectivity index (χ3v) is 4.01. The molecule has 2 aromatic heterocycles. The van der Waals surface area contributed by atoms with Crippen molar-refractivity contribution in [1.82, 2.24) is 25.2 Å². The van der Waals surface area contributed by atoms with E-state index in [1.165, 1.54) is 6.07 Å². The van der Waals surface area contributed by atoms with Crippen LogP contribution in [-0.2, 0) is 13.0 Å². The molecule has 0 bridgehead atoms. The summed E-state index contributed by atoms with van der Waals surface area (Å²) in [4.78, 5) is 4.56. The zero-order valence-electron chi connectivity index (χ0n) is 15.4. The molecule has 0 spiro atoms. The Morgan fingerprint density at radius 3 is 2.81 bits per heavy atom. The van der Waals surface area contributed by atoms with Crippen molar-refractivity contribution in [2.45, 2.75) is 26.8 Å². The fraction of sp³-hybridized carbons (Fsp3) is 0.316. The van der Waals surface area contributed by atoms with Gasteiger partial charge in [-0.1, -0.05) is 18.2 Å². The molecule has 3 rings (SSSR count). The summed E-state index contributed by atoms with van der Waals surface area (Å²) < 4.78 is 15.3. The topological polar surface area (TPSA) is 66.6 Å². The molecule has 0 saturated carbocycles. The quantitative estimate of drug-likeness (QED) is 0.322. The van der Waals surface area contributed by atoms with Gasteiger partial charge in [-0.05, 0) is 43.2 Å². The van der Waals surface area contributed by atoms with Crippen LogP contribution < -0.4 is 10.6 Å². The van der Waals surface area contributed by atoms with E-state index < -0.39 is 0 Å². The van der Waals surface area contributed by atoms with Crippen molar-refractivity contribution in [2.24, 2.45) is 4.99 Å². The van der Waals surface area contributed by atoms with Crippen LogP contribution in [0.5, 0.6) is 0 Å². The molecule has 2 N–H and O–H groups in total. The molecule has 0 saturated heterocycles. The van der Waals surface area contributed by atoms with Crippen molar-refractivity contribution in [3.05, 3.63) is 65.4 Å². The molecule has 144 valence electrons. The average molecular weight is 482 g/mol. The number of pyridine rings is 1. The van der Waals surface area contributed by atoms with E-state index in [0.717, 1.165) is 36.0 Å². The summed E-state index contributed by atoms with van der Waals surface area (Å²) in [7, 11) is 0. The highest BCUT2D eigenvalue weighted by molar-refractivity contribution is 14.0. The Labute approximate surface area is 175 Å². The Bertz CT molecular complexity index is 908. The van der Waals surface area contributed by atoms with Gasteiger partial charge in [-0.2, -0.15) is 0 Å². The largest absolute Gasteiger partial charge is 0.357 e.